The van der Waals surface area contributed by atoms with Crippen LogP contribution in [0.1, 0.15) is 0 Å². The van der Waals surface area contributed by atoms with E-state index in [0.717, 1.165) is 8.28 Å². The van der Waals surface area contributed by atoms with Crippen LogP contribution in [0.3, 0.4) is 0 Å². The highest BCUT2D eigenvalue weighted by atomic mass is 32.2. The highest BCUT2D eigenvalue weighted by Gasteiger charge is 2.17. The lowest BCUT2D eigenvalue weighted by molar-refractivity contribution is -0.384. The molecule has 0 unspecified atom stereocenters. The molecular weight excluding hydrogens is 284 g/mol. The highest BCUT2D eigenvalue weighted by Crippen LogP contribution is 2.21. The summed E-state index contributed by atoms with van der Waals surface area (Å²) in [6.45, 7) is 0. The van der Waals surface area contributed by atoms with Crippen LogP contribution in [0.5, 0.6) is 0 Å². The van der Waals surface area contributed by atoms with Gasteiger partial charge in [0.15, 0.2) is 0 Å². The molecule has 0 saturated carbocycles. The molecule has 20 heavy (non-hydrogen) atoms. The first-order chi connectivity index (χ1) is 9.32. The Bertz CT molecular complexity index is 734. The Kier molecular flexibility index (Phi) is 3.55. The molecule has 0 atom stereocenters. The zero-order chi connectivity index (χ0) is 14.9. The molecule has 0 saturated heterocycles. The van der Waals surface area contributed by atoms with E-state index in [9.17, 15) is 18.5 Å². The topological polar surface area (TPSA) is 98.3 Å². The van der Waals surface area contributed by atoms with Crippen LogP contribution in [0.2, 0.25) is 0 Å². The minimum absolute atomic E-state index is 0.0332. The van der Waals surface area contributed by atoms with Gasteiger partial charge in [0.2, 0.25) is 0 Å². The fourth-order valence-electron chi connectivity index (χ4n) is 1.52. The van der Waals surface area contributed by atoms with Crippen molar-refractivity contribution in [2.75, 3.05) is 14.1 Å². The fraction of sp³-hybridized carbons (Fsp3) is 0.182. The van der Waals surface area contributed by atoms with Gasteiger partial charge in [0.05, 0.1) is 10.6 Å². The van der Waals surface area contributed by atoms with Crippen LogP contribution in [-0.2, 0) is 10.2 Å². The summed E-state index contributed by atoms with van der Waals surface area (Å²) >= 11 is 0. The molecule has 0 spiro atoms. The second kappa shape index (κ2) is 5.02. The van der Waals surface area contributed by atoms with Gasteiger partial charge in [-0.2, -0.15) is 12.7 Å². The Morgan fingerprint density at radius 2 is 1.85 bits per heavy atom. The van der Waals surface area contributed by atoms with E-state index >= 15 is 0 Å². The second-order valence-electron chi connectivity index (χ2n) is 4.18. The normalized spacial score (nSPS) is 11.8. The van der Waals surface area contributed by atoms with Gasteiger partial charge >= 0.3 is 10.2 Å². The molecule has 0 aliphatic heterocycles. The summed E-state index contributed by atoms with van der Waals surface area (Å²) in [5, 5.41) is 10.6. The Balaban J connectivity index is 2.36. The van der Waals surface area contributed by atoms with Gasteiger partial charge in [0.1, 0.15) is 6.33 Å². The van der Waals surface area contributed by atoms with Crippen molar-refractivity contribution in [3.63, 3.8) is 0 Å². The summed E-state index contributed by atoms with van der Waals surface area (Å²) in [4.78, 5) is 14.1. The lowest BCUT2D eigenvalue weighted by Crippen LogP contribution is -2.27. The largest absolute Gasteiger partial charge is 0.308 e. The maximum Gasteiger partial charge on any atom is 0.308 e. The van der Waals surface area contributed by atoms with Crippen LogP contribution in [0, 0.1) is 10.1 Å². The highest BCUT2D eigenvalue weighted by molar-refractivity contribution is 7.87. The van der Waals surface area contributed by atoms with Crippen molar-refractivity contribution in [2.24, 2.45) is 0 Å². The number of aromatic nitrogens is 2. The van der Waals surface area contributed by atoms with Gasteiger partial charge in [-0.3, -0.25) is 10.1 Å². The van der Waals surface area contributed by atoms with Gasteiger partial charge < -0.3 is 0 Å². The Hall–Kier alpha value is -2.26. The molecule has 8 nitrogen and oxygen atoms in total. The van der Waals surface area contributed by atoms with Gasteiger partial charge in [-0.15, -0.1) is 0 Å². The van der Waals surface area contributed by atoms with E-state index in [2.05, 4.69) is 4.98 Å². The first-order valence-corrected chi connectivity index (χ1v) is 6.94. The fourth-order valence-corrected chi connectivity index (χ4v) is 2.30. The second-order valence-corrected chi connectivity index (χ2v) is 6.23. The first kappa shape index (κ1) is 14.2. The molecular formula is C11H12N4O4S. The lowest BCUT2D eigenvalue weighted by Gasteiger charge is -2.10. The number of nitrogens with zero attached hydrogens (tertiary/aromatic N) is 4. The molecule has 0 amide bonds. The van der Waals surface area contributed by atoms with Gasteiger partial charge in [0, 0.05) is 38.0 Å². The third kappa shape index (κ3) is 2.53. The number of hydrogen-bond donors (Lipinski definition) is 0. The molecule has 0 aliphatic carbocycles. The van der Waals surface area contributed by atoms with Crippen LogP contribution in [0.4, 0.5) is 5.69 Å². The Morgan fingerprint density at radius 3 is 2.35 bits per heavy atom. The van der Waals surface area contributed by atoms with E-state index in [0.29, 0.717) is 11.3 Å². The molecule has 1 heterocycles. The van der Waals surface area contributed by atoms with Crippen molar-refractivity contribution in [3.8, 4) is 11.3 Å². The van der Waals surface area contributed by atoms with Crippen molar-refractivity contribution in [1.29, 1.82) is 0 Å². The quantitative estimate of drug-likeness (QED) is 0.621. The van der Waals surface area contributed by atoms with Crippen LogP contribution in [0.25, 0.3) is 11.3 Å². The number of nitro groups is 1. The molecule has 0 fully saturated rings. The average Bonchev–Trinajstić information content (AvgIpc) is 2.88. The number of non-ortho nitro benzene ring substituents is 1. The molecule has 0 N–H and O–H groups in total. The van der Waals surface area contributed by atoms with Gasteiger partial charge in [-0.1, -0.05) is 0 Å². The van der Waals surface area contributed by atoms with E-state index in [1.54, 1.807) is 0 Å². The van der Waals surface area contributed by atoms with Crippen molar-refractivity contribution in [3.05, 3.63) is 46.9 Å². The number of imidazole rings is 1. The monoisotopic (exact) mass is 296 g/mol. The smallest absolute Gasteiger partial charge is 0.258 e. The number of rotatable bonds is 4. The molecule has 1 aromatic carbocycles. The Labute approximate surface area is 115 Å². The SMILES string of the molecule is CN(C)S(=O)(=O)n1cnc(-c2ccc([N+](=O)[O-])cc2)c1. The average molecular weight is 296 g/mol. The maximum atomic E-state index is 11.9. The van der Waals surface area contributed by atoms with Crippen molar-refractivity contribution in [1.82, 2.24) is 13.3 Å². The molecule has 2 aromatic rings. The lowest BCUT2D eigenvalue weighted by atomic mass is 10.1. The van der Waals surface area contributed by atoms with Crippen molar-refractivity contribution < 1.29 is 13.3 Å². The zero-order valence-electron chi connectivity index (χ0n) is 10.8. The number of nitro benzene ring substituents is 1. The van der Waals surface area contributed by atoms with Crippen LogP contribution < -0.4 is 0 Å². The molecule has 0 aliphatic rings. The van der Waals surface area contributed by atoms with Crippen molar-refractivity contribution >= 4 is 15.9 Å². The van der Waals surface area contributed by atoms with Crippen LogP contribution >= 0.6 is 0 Å². The van der Waals surface area contributed by atoms with Crippen LogP contribution in [0.15, 0.2) is 36.8 Å². The van der Waals surface area contributed by atoms with Gasteiger partial charge in [-0.25, -0.2) is 8.96 Å². The van der Waals surface area contributed by atoms with E-state index in [-0.39, 0.29) is 5.69 Å². The number of benzene rings is 1. The maximum absolute atomic E-state index is 11.9. The number of hydrogen-bond acceptors (Lipinski definition) is 5. The van der Waals surface area contributed by atoms with Crippen molar-refractivity contribution in [2.45, 2.75) is 0 Å². The summed E-state index contributed by atoms with van der Waals surface area (Å²) in [6.07, 6.45) is 2.54. The zero-order valence-corrected chi connectivity index (χ0v) is 11.6. The predicted molar refractivity (Wildman–Crippen MR) is 72.3 cm³/mol. The van der Waals surface area contributed by atoms with Gasteiger partial charge in [-0.05, 0) is 12.1 Å². The molecule has 9 heteroatoms. The molecule has 1 aromatic heterocycles. The molecule has 106 valence electrons. The summed E-state index contributed by atoms with van der Waals surface area (Å²) in [5.41, 5.74) is 0.989. The summed E-state index contributed by atoms with van der Waals surface area (Å²) in [7, 11) is -0.771. The first-order valence-electron chi connectivity index (χ1n) is 5.54. The van der Waals surface area contributed by atoms with E-state index in [4.69, 9.17) is 0 Å². The van der Waals surface area contributed by atoms with E-state index in [1.807, 2.05) is 0 Å². The minimum Gasteiger partial charge on any atom is -0.258 e. The summed E-state index contributed by atoms with van der Waals surface area (Å²) in [5.74, 6) is 0. The standard InChI is InChI=1S/C11H12N4O4S/c1-13(2)20(18,19)14-7-11(12-8-14)9-3-5-10(6-4-9)15(16)17/h3-8H,1-2H3. The third-order valence-electron chi connectivity index (χ3n) is 2.66. The molecule has 2 rings (SSSR count). The van der Waals surface area contributed by atoms with E-state index < -0.39 is 15.1 Å². The van der Waals surface area contributed by atoms with Crippen LogP contribution in [-0.4, -0.2) is 40.7 Å². The Morgan fingerprint density at radius 1 is 1.25 bits per heavy atom. The minimum atomic E-state index is -3.61. The van der Waals surface area contributed by atoms with E-state index in [1.165, 1.54) is 50.9 Å². The summed E-state index contributed by atoms with van der Waals surface area (Å²) in [6, 6.07) is 5.73. The third-order valence-corrected chi connectivity index (χ3v) is 4.32. The predicted octanol–water partition coefficient (Wildman–Crippen LogP) is 1.11. The van der Waals surface area contributed by atoms with Gasteiger partial charge in [0.25, 0.3) is 5.69 Å². The molecule has 0 radical (unpaired) electrons. The molecule has 0 bridgehead atoms. The summed E-state index contributed by atoms with van der Waals surface area (Å²) < 4.78 is 25.8.